The Labute approximate surface area is 149 Å². The van der Waals surface area contributed by atoms with Crippen LogP contribution in [0.3, 0.4) is 0 Å². The third kappa shape index (κ3) is 4.13. The largest absolute Gasteiger partial charge is 0.488 e. The third-order valence-corrected chi connectivity index (χ3v) is 4.54. The molecule has 0 spiro atoms. The molecule has 1 fully saturated rings. The van der Waals surface area contributed by atoms with Crippen LogP contribution in [0, 0.1) is 0 Å². The average Bonchev–Trinajstić information content (AvgIpc) is 2.59. The van der Waals surface area contributed by atoms with Crippen molar-refractivity contribution in [1.29, 1.82) is 0 Å². The first-order valence-electron chi connectivity index (χ1n) is 8.34. The molecule has 0 aromatic heterocycles. The number of nitrogens with zero attached hydrogens (tertiary/aromatic N) is 1. The van der Waals surface area contributed by atoms with Crippen LogP contribution in [0.25, 0.3) is 0 Å². The van der Waals surface area contributed by atoms with Crippen molar-refractivity contribution in [2.75, 3.05) is 13.1 Å². The number of thiocarbonyl (C=S) groups is 1. The van der Waals surface area contributed by atoms with Gasteiger partial charge in [-0.3, -0.25) is 0 Å². The van der Waals surface area contributed by atoms with Crippen LogP contribution in [0.2, 0.25) is 0 Å². The zero-order valence-electron chi connectivity index (χ0n) is 14.1. The van der Waals surface area contributed by atoms with Gasteiger partial charge in [0.2, 0.25) is 0 Å². The highest BCUT2D eigenvalue weighted by Gasteiger charge is 2.25. The van der Waals surface area contributed by atoms with Crippen LogP contribution in [0.15, 0.2) is 54.6 Å². The lowest BCUT2D eigenvalue weighted by atomic mass is 10.1. The second-order valence-electron chi connectivity index (χ2n) is 6.24. The van der Waals surface area contributed by atoms with Crippen LogP contribution < -0.4 is 4.74 Å². The molecule has 126 valence electrons. The summed E-state index contributed by atoms with van der Waals surface area (Å²) in [6.45, 7) is 6.34. The van der Waals surface area contributed by atoms with Crippen molar-refractivity contribution >= 4 is 17.2 Å². The first-order valence-corrected chi connectivity index (χ1v) is 8.75. The van der Waals surface area contributed by atoms with Gasteiger partial charge in [0.15, 0.2) is 0 Å². The molecule has 2 aromatic carbocycles. The molecular weight excluding hydrogens is 318 g/mol. The lowest BCUT2D eigenvalue weighted by Gasteiger charge is -2.37. The second kappa shape index (κ2) is 7.77. The maximum atomic E-state index is 6.04. The minimum atomic E-state index is 0.184. The van der Waals surface area contributed by atoms with E-state index in [0.717, 1.165) is 35.0 Å². The van der Waals surface area contributed by atoms with E-state index in [9.17, 15) is 0 Å². The van der Waals surface area contributed by atoms with Gasteiger partial charge in [0.05, 0.1) is 17.8 Å². The molecule has 2 aromatic rings. The van der Waals surface area contributed by atoms with Crippen molar-refractivity contribution in [1.82, 2.24) is 4.90 Å². The molecule has 4 heteroatoms. The smallest absolute Gasteiger partial charge is 0.130 e. The highest BCUT2D eigenvalue weighted by Crippen LogP contribution is 2.24. The fraction of sp³-hybridized carbons (Fsp3) is 0.350. The van der Waals surface area contributed by atoms with Gasteiger partial charge in [0.25, 0.3) is 0 Å². The Bertz CT molecular complexity index is 679. The first kappa shape index (κ1) is 16.9. The number of hydrogen-bond acceptors (Lipinski definition) is 3. The van der Waals surface area contributed by atoms with Crippen molar-refractivity contribution in [2.45, 2.75) is 32.7 Å². The van der Waals surface area contributed by atoms with Crippen molar-refractivity contribution in [3.63, 3.8) is 0 Å². The van der Waals surface area contributed by atoms with E-state index in [0.29, 0.717) is 6.61 Å². The summed E-state index contributed by atoms with van der Waals surface area (Å²) in [6, 6.07) is 18.2. The van der Waals surface area contributed by atoms with E-state index >= 15 is 0 Å². The monoisotopic (exact) mass is 341 g/mol. The second-order valence-corrected chi connectivity index (χ2v) is 6.62. The highest BCUT2D eigenvalue weighted by atomic mass is 32.1. The Morgan fingerprint density at radius 3 is 2.38 bits per heavy atom. The zero-order valence-corrected chi connectivity index (χ0v) is 15.0. The minimum Gasteiger partial charge on any atom is -0.488 e. The predicted octanol–water partition coefficient (Wildman–Crippen LogP) is 4.05. The molecule has 1 heterocycles. The molecule has 1 aliphatic rings. The van der Waals surface area contributed by atoms with E-state index in [1.54, 1.807) is 0 Å². The molecule has 0 bridgehead atoms. The van der Waals surface area contributed by atoms with E-state index in [2.05, 4.69) is 30.9 Å². The van der Waals surface area contributed by atoms with Crippen LogP contribution >= 0.6 is 12.2 Å². The zero-order chi connectivity index (χ0) is 16.9. The maximum Gasteiger partial charge on any atom is 0.130 e. The molecule has 0 N–H and O–H groups in total. The Morgan fingerprint density at radius 2 is 1.67 bits per heavy atom. The summed E-state index contributed by atoms with van der Waals surface area (Å²) in [7, 11) is 0. The van der Waals surface area contributed by atoms with E-state index in [-0.39, 0.29) is 12.2 Å². The number of benzene rings is 2. The molecule has 0 radical (unpaired) electrons. The molecule has 0 unspecified atom stereocenters. The van der Waals surface area contributed by atoms with Gasteiger partial charge >= 0.3 is 0 Å². The summed E-state index contributed by atoms with van der Waals surface area (Å²) in [5, 5.41) is 0. The van der Waals surface area contributed by atoms with Crippen LogP contribution in [0.5, 0.6) is 5.75 Å². The Hall–Kier alpha value is -1.91. The fourth-order valence-corrected chi connectivity index (χ4v) is 3.34. The molecular formula is C20H23NO2S. The Balaban J connectivity index is 1.74. The van der Waals surface area contributed by atoms with E-state index in [1.807, 2.05) is 42.5 Å². The van der Waals surface area contributed by atoms with Gasteiger partial charge in [-0.05, 0) is 31.5 Å². The highest BCUT2D eigenvalue weighted by molar-refractivity contribution is 7.80. The van der Waals surface area contributed by atoms with E-state index < -0.39 is 0 Å². The summed E-state index contributed by atoms with van der Waals surface area (Å²) < 4.78 is 11.8. The molecule has 0 amide bonds. The normalized spacial score (nSPS) is 20.7. The Morgan fingerprint density at radius 1 is 1.04 bits per heavy atom. The lowest BCUT2D eigenvalue weighted by molar-refractivity contribution is -0.0472. The minimum absolute atomic E-state index is 0.184. The maximum absolute atomic E-state index is 6.04. The first-order chi connectivity index (χ1) is 11.6. The molecule has 3 nitrogen and oxygen atoms in total. The van der Waals surface area contributed by atoms with Crippen molar-refractivity contribution < 1.29 is 9.47 Å². The molecule has 3 rings (SSSR count). The number of para-hydroxylation sites is 1. The van der Waals surface area contributed by atoms with Gasteiger partial charge in [-0.15, -0.1) is 0 Å². The van der Waals surface area contributed by atoms with Crippen LogP contribution in [-0.4, -0.2) is 35.2 Å². The summed E-state index contributed by atoms with van der Waals surface area (Å²) in [6.07, 6.45) is 0.369. The number of morpholine rings is 1. The molecule has 1 aliphatic heterocycles. The van der Waals surface area contributed by atoms with Crippen LogP contribution in [0.4, 0.5) is 0 Å². The topological polar surface area (TPSA) is 21.7 Å². The van der Waals surface area contributed by atoms with Gasteiger partial charge in [-0.25, -0.2) is 0 Å². The van der Waals surface area contributed by atoms with Gasteiger partial charge < -0.3 is 14.4 Å². The van der Waals surface area contributed by atoms with Crippen molar-refractivity contribution in [3.8, 4) is 5.75 Å². The Kier molecular flexibility index (Phi) is 5.48. The molecule has 24 heavy (non-hydrogen) atoms. The summed E-state index contributed by atoms with van der Waals surface area (Å²) >= 11 is 5.76. The van der Waals surface area contributed by atoms with Crippen LogP contribution in [-0.2, 0) is 11.3 Å². The standard InChI is InChI=1S/C20H23NO2S/c1-15-12-21(13-16(2)23-15)20(24)18-10-6-7-11-19(18)22-14-17-8-4-3-5-9-17/h3-11,15-16H,12-14H2,1-2H3/t15-,16+. The summed E-state index contributed by atoms with van der Waals surface area (Å²) in [5.41, 5.74) is 2.12. The van der Waals surface area contributed by atoms with Gasteiger partial charge in [0.1, 0.15) is 17.3 Å². The summed E-state index contributed by atoms with van der Waals surface area (Å²) in [5.74, 6) is 0.832. The van der Waals surface area contributed by atoms with Gasteiger partial charge in [-0.1, -0.05) is 54.7 Å². The fourth-order valence-electron chi connectivity index (χ4n) is 3.02. The molecule has 1 saturated heterocycles. The van der Waals surface area contributed by atoms with E-state index in [1.165, 1.54) is 0 Å². The van der Waals surface area contributed by atoms with Gasteiger partial charge in [0, 0.05) is 13.1 Å². The quantitative estimate of drug-likeness (QED) is 0.782. The molecule has 2 atom stereocenters. The lowest BCUT2D eigenvalue weighted by Crippen LogP contribution is -2.47. The third-order valence-electron chi connectivity index (χ3n) is 4.06. The summed E-state index contributed by atoms with van der Waals surface area (Å²) in [4.78, 5) is 3.06. The van der Waals surface area contributed by atoms with Gasteiger partial charge in [-0.2, -0.15) is 0 Å². The SMILES string of the molecule is C[C@@H]1CN(C(=S)c2ccccc2OCc2ccccc2)C[C@H](C)O1. The number of rotatable bonds is 4. The van der Waals surface area contributed by atoms with Crippen molar-refractivity contribution in [2.24, 2.45) is 0 Å². The number of ether oxygens (including phenoxy) is 2. The van der Waals surface area contributed by atoms with Crippen LogP contribution in [0.1, 0.15) is 25.0 Å². The molecule has 0 saturated carbocycles. The predicted molar refractivity (Wildman–Crippen MR) is 100 cm³/mol. The number of hydrogen-bond donors (Lipinski definition) is 0. The van der Waals surface area contributed by atoms with Crippen molar-refractivity contribution in [3.05, 3.63) is 65.7 Å². The average molecular weight is 341 g/mol. The molecule has 0 aliphatic carbocycles. The van der Waals surface area contributed by atoms with E-state index in [4.69, 9.17) is 21.7 Å².